The van der Waals surface area contributed by atoms with Gasteiger partial charge in [-0.2, -0.15) is 0 Å². The molecule has 0 spiro atoms. The third-order valence-corrected chi connectivity index (χ3v) is 3.99. The molecule has 0 unspecified atom stereocenters. The number of hydrogen-bond donors (Lipinski definition) is 0. The van der Waals surface area contributed by atoms with Crippen LogP contribution in [-0.4, -0.2) is 31.2 Å². The molecule has 3 rings (SSSR count). The number of methoxy groups -OCH3 is 2. The van der Waals surface area contributed by atoms with Crippen LogP contribution in [0.15, 0.2) is 53.1 Å². The normalized spacial score (nSPS) is 11.0. The highest BCUT2D eigenvalue weighted by atomic mass is 19.1. The molecule has 3 aromatic rings. The van der Waals surface area contributed by atoms with E-state index in [0.29, 0.717) is 19.0 Å². The van der Waals surface area contributed by atoms with E-state index >= 15 is 0 Å². The first kappa shape index (κ1) is 17.9. The van der Waals surface area contributed by atoms with Crippen molar-refractivity contribution in [2.24, 2.45) is 0 Å². The van der Waals surface area contributed by atoms with Crippen molar-refractivity contribution in [2.75, 3.05) is 21.3 Å². The van der Waals surface area contributed by atoms with E-state index in [9.17, 15) is 4.39 Å². The van der Waals surface area contributed by atoms with Crippen LogP contribution in [0, 0.1) is 5.82 Å². The fraction of sp³-hybridized carbons (Fsp3) is 0.250. The quantitative estimate of drug-likeness (QED) is 0.637. The number of hydrogen-bond acceptors (Lipinski definition) is 5. The number of aromatic nitrogens is 1. The summed E-state index contributed by atoms with van der Waals surface area (Å²) in [6.45, 7) is 1.18. The first-order valence-electron chi connectivity index (χ1n) is 8.19. The van der Waals surface area contributed by atoms with Gasteiger partial charge in [0, 0.05) is 18.7 Å². The van der Waals surface area contributed by atoms with Gasteiger partial charge in [-0.3, -0.25) is 4.90 Å². The van der Waals surface area contributed by atoms with Gasteiger partial charge in [-0.1, -0.05) is 6.07 Å². The van der Waals surface area contributed by atoms with Crippen molar-refractivity contribution < 1.29 is 18.3 Å². The Kier molecular flexibility index (Phi) is 5.53. The molecule has 0 fully saturated rings. The van der Waals surface area contributed by atoms with E-state index in [0.717, 1.165) is 22.6 Å². The fourth-order valence-electron chi connectivity index (χ4n) is 2.70. The number of oxazole rings is 1. The molecule has 0 radical (unpaired) electrons. The van der Waals surface area contributed by atoms with E-state index in [4.69, 9.17) is 13.9 Å². The molecule has 0 aliphatic carbocycles. The molecule has 0 amide bonds. The summed E-state index contributed by atoms with van der Waals surface area (Å²) < 4.78 is 29.5. The average Bonchev–Trinajstić information content (AvgIpc) is 3.10. The minimum absolute atomic E-state index is 0.247. The number of nitrogens with zero attached hydrogens (tertiary/aromatic N) is 2. The summed E-state index contributed by atoms with van der Waals surface area (Å²) in [6, 6.07) is 12.5. The van der Waals surface area contributed by atoms with Gasteiger partial charge in [0.15, 0.2) is 11.6 Å². The molecule has 136 valence electrons. The maximum absolute atomic E-state index is 13.8. The Morgan fingerprint density at radius 3 is 2.46 bits per heavy atom. The first-order valence-corrected chi connectivity index (χ1v) is 8.19. The lowest BCUT2D eigenvalue weighted by Gasteiger charge is -2.15. The van der Waals surface area contributed by atoms with Gasteiger partial charge in [-0.05, 0) is 49.0 Å². The maximum atomic E-state index is 13.8. The number of ether oxygens (including phenoxy) is 2. The second-order valence-corrected chi connectivity index (χ2v) is 6.01. The molecule has 0 saturated carbocycles. The summed E-state index contributed by atoms with van der Waals surface area (Å²) in [4.78, 5) is 6.56. The zero-order valence-electron chi connectivity index (χ0n) is 15.0. The maximum Gasteiger partial charge on any atom is 0.226 e. The van der Waals surface area contributed by atoms with Gasteiger partial charge in [-0.15, -0.1) is 0 Å². The van der Waals surface area contributed by atoms with Gasteiger partial charge in [-0.25, -0.2) is 9.37 Å². The zero-order chi connectivity index (χ0) is 18.5. The van der Waals surface area contributed by atoms with Crippen molar-refractivity contribution in [1.82, 2.24) is 9.88 Å². The lowest BCUT2D eigenvalue weighted by molar-refractivity contribution is 0.313. The third kappa shape index (κ3) is 4.21. The van der Waals surface area contributed by atoms with Crippen LogP contribution in [0.25, 0.3) is 11.5 Å². The minimum Gasteiger partial charge on any atom is -0.497 e. The molecule has 26 heavy (non-hydrogen) atoms. The molecule has 0 N–H and O–H groups in total. The molecule has 5 nitrogen and oxygen atoms in total. The smallest absolute Gasteiger partial charge is 0.226 e. The molecular weight excluding hydrogens is 335 g/mol. The predicted molar refractivity (Wildman–Crippen MR) is 96.6 cm³/mol. The van der Waals surface area contributed by atoms with Crippen LogP contribution >= 0.6 is 0 Å². The molecule has 1 aromatic heterocycles. The molecular formula is C20H21FN2O3. The van der Waals surface area contributed by atoms with Crippen LogP contribution in [0.5, 0.6) is 11.5 Å². The largest absolute Gasteiger partial charge is 0.497 e. The summed E-state index contributed by atoms with van der Waals surface area (Å²) in [5.74, 6) is 1.23. The van der Waals surface area contributed by atoms with Crippen molar-refractivity contribution in [1.29, 1.82) is 0 Å². The second kappa shape index (κ2) is 8.01. The molecule has 0 saturated heterocycles. The monoisotopic (exact) mass is 356 g/mol. The highest BCUT2D eigenvalue weighted by Crippen LogP contribution is 2.23. The van der Waals surface area contributed by atoms with Crippen LogP contribution in [-0.2, 0) is 13.1 Å². The lowest BCUT2D eigenvalue weighted by atomic mass is 10.2. The number of benzene rings is 2. The SMILES string of the molecule is COc1ccc(-c2nc(CN(C)Cc3ccc(OC)c(F)c3)co2)cc1. The summed E-state index contributed by atoms with van der Waals surface area (Å²) in [5.41, 5.74) is 2.56. The van der Waals surface area contributed by atoms with E-state index < -0.39 is 0 Å². The van der Waals surface area contributed by atoms with Crippen LogP contribution < -0.4 is 9.47 Å². The van der Waals surface area contributed by atoms with Gasteiger partial charge in [0.25, 0.3) is 0 Å². The topological polar surface area (TPSA) is 47.7 Å². The van der Waals surface area contributed by atoms with Crippen LogP contribution in [0.4, 0.5) is 4.39 Å². The second-order valence-electron chi connectivity index (χ2n) is 6.01. The van der Waals surface area contributed by atoms with Crippen molar-refractivity contribution >= 4 is 0 Å². The Morgan fingerprint density at radius 2 is 1.81 bits per heavy atom. The number of rotatable bonds is 7. The Balaban J connectivity index is 1.63. The molecule has 0 aliphatic heterocycles. The van der Waals surface area contributed by atoms with Crippen molar-refractivity contribution in [2.45, 2.75) is 13.1 Å². The summed E-state index contributed by atoms with van der Waals surface area (Å²) in [6.07, 6.45) is 1.64. The van der Waals surface area contributed by atoms with Gasteiger partial charge >= 0.3 is 0 Å². The Labute approximate surface area is 152 Å². The van der Waals surface area contributed by atoms with Gasteiger partial charge in [0.05, 0.1) is 19.9 Å². The first-order chi connectivity index (χ1) is 12.6. The van der Waals surface area contributed by atoms with E-state index in [1.54, 1.807) is 19.4 Å². The van der Waals surface area contributed by atoms with Gasteiger partial charge in [0.2, 0.25) is 5.89 Å². The lowest BCUT2D eigenvalue weighted by Crippen LogP contribution is -2.17. The Morgan fingerprint density at radius 1 is 1.04 bits per heavy atom. The highest BCUT2D eigenvalue weighted by molar-refractivity contribution is 5.54. The Bertz CT molecular complexity index is 862. The predicted octanol–water partition coefficient (Wildman–Crippen LogP) is 4.13. The van der Waals surface area contributed by atoms with Gasteiger partial charge < -0.3 is 13.9 Å². The summed E-state index contributed by atoms with van der Waals surface area (Å²) in [5, 5.41) is 0. The zero-order valence-corrected chi connectivity index (χ0v) is 15.0. The van der Waals surface area contributed by atoms with Gasteiger partial charge in [0.1, 0.15) is 12.0 Å². The standard InChI is InChI=1S/C20H21FN2O3/c1-23(11-14-4-9-19(25-3)18(21)10-14)12-16-13-26-20(22-16)15-5-7-17(24-2)8-6-15/h4-10,13H,11-12H2,1-3H3. The highest BCUT2D eigenvalue weighted by Gasteiger charge is 2.11. The molecule has 1 heterocycles. The van der Waals surface area contributed by atoms with Crippen LogP contribution in [0.3, 0.4) is 0 Å². The van der Waals surface area contributed by atoms with E-state index in [-0.39, 0.29) is 11.6 Å². The Hall–Kier alpha value is -2.86. The van der Waals surface area contributed by atoms with E-state index in [2.05, 4.69) is 4.98 Å². The molecule has 2 aromatic carbocycles. The molecule has 0 aliphatic rings. The van der Waals surface area contributed by atoms with E-state index in [1.165, 1.54) is 13.2 Å². The molecule has 0 bridgehead atoms. The van der Waals surface area contributed by atoms with Crippen LogP contribution in [0.2, 0.25) is 0 Å². The summed E-state index contributed by atoms with van der Waals surface area (Å²) in [7, 11) is 5.03. The minimum atomic E-state index is -0.360. The average molecular weight is 356 g/mol. The van der Waals surface area contributed by atoms with Crippen molar-refractivity contribution in [3.63, 3.8) is 0 Å². The molecule has 0 atom stereocenters. The fourth-order valence-corrected chi connectivity index (χ4v) is 2.70. The van der Waals surface area contributed by atoms with E-state index in [1.807, 2.05) is 42.3 Å². The summed E-state index contributed by atoms with van der Waals surface area (Å²) >= 11 is 0. The van der Waals surface area contributed by atoms with Crippen LogP contribution in [0.1, 0.15) is 11.3 Å². The molecule has 6 heteroatoms. The van der Waals surface area contributed by atoms with Crippen molar-refractivity contribution in [3.8, 4) is 23.0 Å². The number of halogens is 1. The third-order valence-electron chi connectivity index (χ3n) is 3.99. The van der Waals surface area contributed by atoms with Crippen molar-refractivity contribution in [3.05, 3.63) is 65.8 Å².